The van der Waals surface area contributed by atoms with Crippen LogP contribution in [0.5, 0.6) is 0 Å². The molecule has 5 heterocycles. The van der Waals surface area contributed by atoms with Crippen LogP contribution >= 0.6 is 0 Å². The maximum Gasteiger partial charge on any atom is 0.494 e. The van der Waals surface area contributed by atoms with Crippen LogP contribution in [0.15, 0.2) is 118 Å². The second-order valence-electron chi connectivity index (χ2n) is 14.3. The molecule has 0 N–H and O–H groups in total. The summed E-state index contributed by atoms with van der Waals surface area (Å²) in [5.41, 5.74) is 11.5. The van der Waals surface area contributed by atoms with E-state index in [1.807, 2.05) is 6.07 Å². The van der Waals surface area contributed by atoms with Crippen molar-refractivity contribution in [2.45, 2.75) is 38.9 Å². The van der Waals surface area contributed by atoms with Crippen LogP contribution in [-0.2, 0) is 9.31 Å². The van der Waals surface area contributed by atoms with Crippen molar-refractivity contribution in [1.82, 2.24) is 4.57 Å². The van der Waals surface area contributed by atoms with Crippen molar-refractivity contribution in [1.29, 1.82) is 0 Å². The van der Waals surface area contributed by atoms with Gasteiger partial charge in [0.05, 0.1) is 33.3 Å². The van der Waals surface area contributed by atoms with E-state index in [9.17, 15) is 0 Å². The molecule has 3 aromatic heterocycles. The molecule has 2 aliphatic rings. The molecule has 0 saturated carbocycles. The van der Waals surface area contributed by atoms with E-state index in [0.717, 1.165) is 88.3 Å². The van der Waals surface area contributed by atoms with Crippen LogP contribution < -0.4 is 5.46 Å². The van der Waals surface area contributed by atoms with Gasteiger partial charge in [0, 0.05) is 43.6 Å². The molecule has 6 aromatic carbocycles. The lowest BCUT2D eigenvalue weighted by molar-refractivity contribution is 0.00578. The SMILES string of the molecule is CC1(C)OB(c2ccc3oc4ccc5c(c4c3c2)-n2c3ccccc3c3cccc(c32)-c2c-5ccc3c2oc2ccccc23)OC1(C)C. The molecule has 0 bridgehead atoms. The predicted octanol–water partition coefficient (Wildman–Crippen LogP) is 10.5. The number of hydrogen-bond donors (Lipinski definition) is 0. The summed E-state index contributed by atoms with van der Waals surface area (Å²) in [6, 6.07) is 38.9. The van der Waals surface area contributed by atoms with Crippen LogP contribution in [-0.4, -0.2) is 22.9 Å². The van der Waals surface area contributed by atoms with E-state index in [2.05, 4.69) is 135 Å². The van der Waals surface area contributed by atoms with E-state index in [0.29, 0.717) is 0 Å². The number of rotatable bonds is 1. The smallest absolute Gasteiger partial charge is 0.456 e. The Kier molecular flexibility index (Phi) is 4.89. The molecule has 2 aliphatic heterocycles. The van der Waals surface area contributed by atoms with Gasteiger partial charge in [-0.2, -0.15) is 0 Å². The van der Waals surface area contributed by atoms with E-state index >= 15 is 0 Å². The first-order chi connectivity index (χ1) is 23.3. The molecule has 1 saturated heterocycles. The molecule has 0 amide bonds. The van der Waals surface area contributed by atoms with Gasteiger partial charge in [-0.25, -0.2) is 0 Å². The van der Waals surface area contributed by atoms with Crippen molar-refractivity contribution < 1.29 is 18.1 Å². The second-order valence-corrected chi connectivity index (χ2v) is 14.3. The largest absolute Gasteiger partial charge is 0.494 e. The molecule has 48 heavy (non-hydrogen) atoms. The van der Waals surface area contributed by atoms with Gasteiger partial charge in [0.1, 0.15) is 22.3 Å². The minimum absolute atomic E-state index is 0.437. The van der Waals surface area contributed by atoms with Gasteiger partial charge >= 0.3 is 7.12 Å². The van der Waals surface area contributed by atoms with Crippen molar-refractivity contribution in [3.05, 3.63) is 109 Å². The van der Waals surface area contributed by atoms with Crippen LogP contribution in [0.2, 0.25) is 0 Å². The van der Waals surface area contributed by atoms with Gasteiger partial charge in [0.15, 0.2) is 0 Å². The summed E-state index contributed by atoms with van der Waals surface area (Å²) in [6.07, 6.45) is 0. The topological polar surface area (TPSA) is 49.7 Å². The van der Waals surface area contributed by atoms with E-state index in [4.69, 9.17) is 18.1 Å². The molecule has 11 rings (SSSR count). The first-order valence-corrected chi connectivity index (χ1v) is 16.6. The zero-order chi connectivity index (χ0) is 32.1. The fourth-order valence-corrected chi connectivity index (χ4v) is 8.18. The maximum absolute atomic E-state index is 6.74. The number of nitrogens with zero attached hydrogens (tertiary/aromatic N) is 1. The summed E-state index contributed by atoms with van der Waals surface area (Å²) in [5.74, 6) is 0. The summed E-state index contributed by atoms with van der Waals surface area (Å²) in [5, 5.41) is 6.76. The zero-order valence-electron chi connectivity index (χ0n) is 27.0. The first-order valence-electron chi connectivity index (χ1n) is 16.6. The molecular weight excluding hydrogens is 593 g/mol. The number of fused-ring (bicyclic) bond motifs is 16. The Bertz CT molecular complexity index is 2850. The Morgan fingerprint density at radius 2 is 1.25 bits per heavy atom. The Morgan fingerprint density at radius 1 is 0.542 bits per heavy atom. The molecule has 1 fully saturated rings. The van der Waals surface area contributed by atoms with E-state index in [-0.39, 0.29) is 0 Å². The Morgan fingerprint density at radius 3 is 2.10 bits per heavy atom. The average molecular weight is 624 g/mol. The highest BCUT2D eigenvalue weighted by Gasteiger charge is 2.51. The number of benzene rings is 6. The fourth-order valence-electron chi connectivity index (χ4n) is 8.18. The van der Waals surface area contributed by atoms with Crippen LogP contribution in [0.25, 0.3) is 93.6 Å². The molecule has 0 spiro atoms. The maximum atomic E-state index is 6.74. The monoisotopic (exact) mass is 623 g/mol. The van der Waals surface area contributed by atoms with Crippen molar-refractivity contribution in [2.24, 2.45) is 0 Å². The minimum atomic E-state index is -0.478. The van der Waals surface area contributed by atoms with E-state index < -0.39 is 18.3 Å². The van der Waals surface area contributed by atoms with Gasteiger partial charge in [-0.15, -0.1) is 0 Å². The highest BCUT2D eigenvalue weighted by atomic mass is 16.7. The first kappa shape index (κ1) is 26.7. The number of para-hydroxylation sites is 3. The lowest BCUT2D eigenvalue weighted by Crippen LogP contribution is -2.41. The summed E-state index contributed by atoms with van der Waals surface area (Å²) in [4.78, 5) is 0. The summed E-state index contributed by atoms with van der Waals surface area (Å²) < 4.78 is 28.8. The highest BCUT2D eigenvalue weighted by molar-refractivity contribution is 6.62. The van der Waals surface area contributed by atoms with Crippen molar-refractivity contribution in [2.75, 3.05) is 0 Å². The fraction of sp³-hybridized carbons (Fsp3) is 0.143. The Labute approximate surface area is 276 Å². The van der Waals surface area contributed by atoms with Gasteiger partial charge in [-0.1, -0.05) is 72.8 Å². The van der Waals surface area contributed by atoms with Crippen molar-refractivity contribution in [3.8, 4) is 27.9 Å². The van der Waals surface area contributed by atoms with Crippen molar-refractivity contribution >= 4 is 78.3 Å². The van der Waals surface area contributed by atoms with Gasteiger partial charge < -0.3 is 22.7 Å². The molecule has 0 aliphatic carbocycles. The van der Waals surface area contributed by atoms with E-state index in [1.165, 1.54) is 10.8 Å². The third kappa shape index (κ3) is 3.24. The molecule has 5 nitrogen and oxygen atoms in total. The third-order valence-corrected chi connectivity index (χ3v) is 11.2. The lowest BCUT2D eigenvalue weighted by Gasteiger charge is -2.32. The molecule has 6 heteroatoms. The zero-order valence-corrected chi connectivity index (χ0v) is 27.0. The summed E-state index contributed by atoms with van der Waals surface area (Å²) >= 11 is 0. The van der Waals surface area contributed by atoms with Crippen LogP contribution in [0.4, 0.5) is 0 Å². The van der Waals surface area contributed by atoms with Crippen LogP contribution in [0.1, 0.15) is 27.7 Å². The van der Waals surface area contributed by atoms with E-state index in [1.54, 1.807) is 0 Å². The normalized spacial score (nSPS) is 16.5. The molecule has 0 atom stereocenters. The van der Waals surface area contributed by atoms with Crippen LogP contribution in [0.3, 0.4) is 0 Å². The Hall–Kier alpha value is -5.30. The number of furan rings is 2. The standard InChI is InChI=1S/C42H30BNO4/c1-41(2)42(3,4)48-43(47-41)23-16-20-34-31(22-23)37-35(45-34)21-19-28-26-17-18-29-25-11-6-8-15-33(25)46-40(29)36(26)30-13-9-12-27-24-10-5-7-14-32(24)44(38(27)30)39(28)37/h5-22H,1-4H3. The lowest BCUT2D eigenvalue weighted by atomic mass is 9.78. The van der Waals surface area contributed by atoms with Gasteiger partial charge in [0.25, 0.3) is 0 Å². The van der Waals surface area contributed by atoms with Gasteiger partial charge in [0.2, 0.25) is 0 Å². The Balaban J connectivity index is 1.31. The molecular formula is C42H30BNO4. The number of aromatic nitrogens is 1. The van der Waals surface area contributed by atoms with Gasteiger partial charge in [-0.05, 0) is 75.1 Å². The third-order valence-electron chi connectivity index (χ3n) is 11.2. The average Bonchev–Trinajstić information content (AvgIpc) is 3.78. The quantitative estimate of drug-likeness (QED) is 0.171. The molecule has 9 aromatic rings. The molecule has 0 unspecified atom stereocenters. The van der Waals surface area contributed by atoms with Gasteiger partial charge in [-0.3, -0.25) is 0 Å². The highest BCUT2D eigenvalue weighted by Crippen LogP contribution is 2.52. The number of hydrogen-bond acceptors (Lipinski definition) is 4. The molecule has 230 valence electrons. The summed E-state index contributed by atoms with van der Waals surface area (Å²) in [7, 11) is -0.478. The summed E-state index contributed by atoms with van der Waals surface area (Å²) in [6.45, 7) is 8.37. The van der Waals surface area contributed by atoms with Crippen LogP contribution in [0, 0.1) is 0 Å². The van der Waals surface area contributed by atoms with Crippen molar-refractivity contribution in [3.63, 3.8) is 0 Å². The second kappa shape index (κ2) is 8.78. The predicted molar refractivity (Wildman–Crippen MR) is 195 cm³/mol. The minimum Gasteiger partial charge on any atom is -0.456 e. The molecule has 0 radical (unpaired) electrons.